The SMILES string of the molecule is CC(=O)Nc1ccc(C(F)(F)F)cc1NC(=O)CC1CN(Cc2ccccc2)CCO1. The van der Waals surface area contributed by atoms with Crippen LogP contribution in [-0.4, -0.2) is 42.5 Å². The lowest BCUT2D eigenvalue weighted by Gasteiger charge is -2.32. The fourth-order valence-electron chi connectivity index (χ4n) is 3.42. The second kappa shape index (κ2) is 9.93. The molecule has 3 rings (SSSR count). The van der Waals surface area contributed by atoms with E-state index in [9.17, 15) is 22.8 Å². The summed E-state index contributed by atoms with van der Waals surface area (Å²) < 4.78 is 44.9. The molecule has 0 saturated carbocycles. The Hall–Kier alpha value is -2.91. The topological polar surface area (TPSA) is 70.7 Å². The molecule has 2 amide bonds. The van der Waals surface area contributed by atoms with Gasteiger partial charge in [-0.1, -0.05) is 30.3 Å². The molecule has 6 nitrogen and oxygen atoms in total. The van der Waals surface area contributed by atoms with Gasteiger partial charge in [-0.05, 0) is 23.8 Å². The van der Waals surface area contributed by atoms with Crippen molar-refractivity contribution >= 4 is 23.2 Å². The standard InChI is InChI=1S/C22H24F3N3O3/c1-15(29)26-19-8-7-17(22(23,24)25)11-20(19)27-21(30)12-18-14-28(9-10-31-18)13-16-5-3-2-4-6-16/h2-8,11,18H,9-10,12-14H2,1H3,(H,26,29)(H,27,30). The summed E-state index contributed by atoms with van der Waals surface area (Å²) in [4.78, 5) is 26.1. The van der Waals surface area contributed by atoms with Crippen molar-refractivity contribution in [3.8, 4) is 0 Å². The van der Waals surface area contributed by atoms with E-state index in [-0.39, 0.29) is 23.9 Å². The van der Waals surface area contributed by atoms with Crippen LogP contribution in [0.3, 0.4) is 0 Å². The second-order valence-electron chi connectivity index (χ2n) is 7.41. The maximum Gasteiger partial charge on any atom is 0.416 e. The van der Waals surface area contributed by atoms with E-state index in [0.717, 1.165) is 36.9 Å². The lowest BCUT2D eigenvalue weighted by atomic mass is 10.1. The maximum atomic E-state index is 13.1. The largest absolute Gasteiger partial charge is 0.416 e. The molecule has 1 aliphatic heterocycles. The van der Waals surface area contributed by atoms with Gasteiger partial charge in [-0.3, -0.25) is 14.5 Å². The number of anilines is 2. The fraction of sp³-hybridized carbons (Fsp3) is 0.364. The highest BCUT2D eigenvalue weighted by Crippen LogP contribution is 2.34. The van der Waals surface area contributed by atoms with Gasteiger partial charge in [-0.15, -0.1) is 0 Å². The molecule has 1 aliphatic rings. The van der Waals surface area contributed by atoms with E-state index in [0.29, 0.717) is 13.2 Å². The zero-order valence-corrected chi connectivity index (χ0v) is 17.0. The van der Waals surface area contributed by atoms with Crippen molar-refractivity contribution in [1.82, 2.24) is 4.90 Å². The van der Waals surface area contributed by atoms with E-state index in [2.05, 4.69) is 15.5 Å². The number of hydrogen-bond acceptors (Lipinski definition) is 4. The Kier molecular flexibility index (Phi) is 7.29. The molecule has 1 heterocycles. The number of amides is 2. The monoisotopic (exact) mass is 435 g/mol. The predicted octanol–water partition coefficient (Wildman–Crippen LogP) is 3.89. The average molecular weight is 435 g/mol. The van der Waals surface area contributed by atoms with E-state index >= 15 is 0 Å². The number of halogens is 3. The highest BCUT2D eigenvalue weighted by Gasteiger charge is 2.31. The van der Waals surface area contributed by atoms with Gasteiger partial charge in [-0.2, -0.15) is 13.2 Å². The van der Waals surface area contributed by atoms with Crippen LogP contribution in [0.4, 0.5) is 24.5 Å². The van der Waals surface area contributed by atoms with Crippen LogP contribution in [0.15, 0.2) is 48.5 Å². The summed E-state index contributed by atoms with van der Waals surface area (Å²) in [6.07, 6.45) is -4.97. The highest BCUT2D eigenvalue weighted by molar-refractivity contribution is 5.99. The molecule has 31 heavy (non-hydrogen) atoms. The first kappa shape index (κ1) is 22.8. The summed E-state index contributed by atoms with van der Waals surface area (Å²) in [5.41, 5.74) is 0.229. The van der Waals surface area contributed by atoms with Crippen LogP contribution in [-0.2, 0) is 27.0 Å². The van der Waals surface area contributed by atoms with Gasteiger partial charge in [0.25, 0.3) is 0 Å². The fourth-order valence-corrected chi connectivity index (χ4v) is 3.42. The summed E-state index contributed by atoms with van der Waals surface area (Å²) in [7, 11) is 0. The predicted molar refractivity (Wildman–Crippen MR) is 110 cm³/mol. The molecule has 1 saturated heterocycles. The van der Waals surface area contributed by atoms with Crippen molar-refractivity contribution in [3.63, 3.8) is 0 Å². The lowest BCUT2D eigenvalue weighted by molar-refractivity contribution is -0.137. The number of morpholine rings is 1. The van der Waals surface area contributed by atoms with Crippen LogP contribution in [0.25, 0.3) is 0 Å². The minimum Gasteiger partial charge on any atom is -0.375 e. The smallest absolute Gasteiger partial charge is 0.375 e. The first-order valence-corrected chi connectivity index (χ1v) is 9.87. The Morgan fingerprint density at radius 2 is 1.84 bits per heavy atom. The van der Waals surface area contributed by atoms with Crippen molar-refractivity contribution in [3.05, 3.63) is 59.7 Å². The van der Waals surface area contributed by atoms with E-state index in [1.807, 2.05) is 30.3 Å². The summed E-state index contributed by atoms with van der Waals surface area (Å²) in [6, 6.07) is 12.7. The number of rotatable bonds is 6. The highest BCUT2D eigenvalue weighted by atomic mass is 19.4. The second-order valence-corrected chi connectivity index (χ2v) is 7.41. The average Bonchev–Trinajstić information content (AvgIpc) is 2.69. The Morgan fingerprint density at radius 1 is 1.10 bits per heavy atom. The molecule has 2 aromatic carbocycles. The number of benzene rings is 2. The van der Waals surface area contributed by atoms with Gasteiger partial charge in [0.15, 0.2) is 0 Å². The molecule has 0 aliphatic carbocycles. The number of alkyl halides is 3. The Bertz CT molecular complexity index is 919. The molecule has 1 atom stereocenters. The zero-order chi connectivity index (χ0) is 22.4. The van der Waals surface area contributed by atoms with Gasteiger partial charge < -0.3 is 15.4 Å². The molecular weight excluding hydrogens is 411 g/mol. The number of carbonyl (C=O) groups excluding carboxylic acids is 2. The molecule has 0 radical (unpaired) electrons. The van der Waals surface area contributed by atoms with Gasteiger partial charge in [0.05, 0.1) is 36.1 Å². The summed E-state index contributed by atoms with van der Waals surface area (Å²) in [5.74, 6) is -0.945. The van der Waals surface area contributed by atoms with Crippen LogP contribution >= 0.6 is 0 Å². The number of nitrogens with zero attached hydrogens (tertiary/aromatic N) is 1. The van der Waals surface area contributed by atoms with Crippen molar-refractivity contribution in [1.29, 1.82) is 0 Å². The van der Waals surface area contributed by atoms with Gasteiger partial charge >= 0.3 is 6.18 Å². The third kappa shape index (κ3) is 6.80. The van der Waals surface area contributed by atoms with Gasteiger partial charge in [-0.25, -0.2) is 0 Å². The van der Waals surface area contributed by atoms with Crippen molar-refractivity contribution in [2.45, 2.75) is 32.2 Å². The molecule has 2 N–H and O–H groups in total. The molecule has 166 valence electrons. The van der Waals surface area contributed by atoms with Gasteiger partial charge in [0.1, 0.15) is 0 Å². The van der Waals surface area contributed by atoms with Crippen LogP contribution in [0.2, 0.25) is 0 Å². The van der Waals surface area contributed by atoms with E-state index in [1.54, 1.807) is 0 Å². The van der Waals surface area contributed by atoms with E-state index in [1.165, 1.54) is 6.92 Å². The molecule has 2 aromatic rings. The number of nitrogens with one attached hydrogen (secondary N) is 2. The summed E-state index contributed by atoms with van der Waals surface area (Å²) >= 11 is 0. The molecule has 1 unspecified atom stereocenters. The third-order valence-corrected chi connectivity index (χ3v) is 4.82. The maximum absolute atomic E-state index is 13.1. The minimum atomic E-state index is -4.57. The molecule has 0 aromatic heterocycles. The third-order valence-electron chi connectivity index (χ3n) is 4.82. The first-order chi connectivity index (χ1) is 14.7. The minimum absolute atomic E-state index is 0.0129. The van der Waals surface area contributed by atoms with Crippen LogP contribution < -0.4 is 10.6 Å². The first-order valence-electron chi connectivity index (χ1n) is 9.87. The van der Waals surface area contributed by atoms with Crippen molar-refractivity contribution in [2.24, 2.45) is 0 Å². The molecule has 0 spiro atoms. The lowest BCUT2D eigenvalue weighted by Crippen LogP contribution is -2.43. The summed E-state index contributed by atoms with van der Waals surface area (Å²) in [6.45, 7) is 3.69. The van der Waals surface area contributed by atoms with Crippen LogP contribution in [0.5, 0.6) is 0 Å². The van der Waals surface area contributed by atoms with Crippen molar-refractivity contribution < 1.29 is 27.5 Å². The Morgan fingerprint density at radius 3 is 2.52 bits per heavy atom. The quantitative estimate of drug-likeness (QED) is 0.722. The van der Waals surface area contributed by atoms with Crippen molar-refractivity contribution in [2.75, 3.05) is 30.3 Å². The molecule has 1 fully saturated rings. The number of hydrogen-bond donors (Lipinski definition) is 2. The van der Waals surface area contributed by atoms with Crippen LogP contribution in [0, 0.1) is 0 Å². The van der Waals surface area contributed by atoms with Gasteiger partial charge in [0.2, 0.25) is 11.8 Å². The van der Waals surface area contributed by atoms with Gasteiger partial charge in [0, 0.05) is 26.6 Å². The number of carbonyl (C=O) groups is 2. The Labute approximate surface area is 178 Å². The van der Waals surface area contributed by atoms with E-state index < -0.39 is 23.6 Å². The molecular formula is C22H24F3N3O3. The normalized spacial score (nSPS) is 17.2. The van der Waals surface area contributed by atoms with Crippen LogP contribution in [0.1, 0.15) is 24.5 Å². The molecule has 0 bridgehead atoms. The molecule has 9 heteroatoms. The van der Waals surface area contributed by atoms with E-state index in [4.69, 9.17) is 4.74 Å². The Balaban J connectivity index is 1.64. The summed E-state index contributed by atoms with van der Waals surface area (Å²) in [5, 5.41) is 4.92. The number of ether oxygens (including phenoxy) is 1. The zero-order valence-electron chi connectivity index (χ0n) is 17.0.